The van der Waals surface area contributed by atoms with Crippen LogP contribution in [-0.4, -0.2) is 18.8 Å². The molecule has 0 radical (unpaired) electrons. The molecule has 0 aliphatic rings. The molecular weight excluding hydrogens is 170 g/mol. The third-order valence-electron chi connectivity index (χ3n) is 0.773. The number of hydrogen-bond donors (Lipinski definition) is 0. The molecule has 2 nitrogen and oxygen atoms in total. The van der Waals surface area contributed by atoms with E-state index in [4.69, 9.17) is 11.6 Å². The number of aldehydes is 1. The van der Waals surface area contributed by atoms with Crippen LogP contribution in [0, 0.1) is 0 Å². The minimum atomic E-state index is 0.255. The zero-order valence-corrected chi connectivity index (χ0v) is 7.37. The number of carbonyl (C=O) groups excluding carboxylic acids is 1. The predicted molar refractivity (Wildman–Crippen MR) is 46.6 cm³/mol. The summed E-state index contributed by atoms with van der Waals surface area (Å²) < 4.78 is 0. The summed E-state index contributed by atoms with van der Waals surface area (Å²) in [6.45, 7) is 1.74. The smallest absolute Gasteiger partial charge is 0.159 e. The first-order valence-electron chi connectivity index (χ1n) is 2.63. The Hall–Kier alpha value is -0.280. The lowest BCUT2D eigenvalue weighted by Crippen LogP contribution is -1.79. The molecule has 0 N–H and O–H groups in total. The minimum Gasteiger partial charge on any atom is -0.297 e. The quantitative estimate of drug-likeness (QED) is 0.286. The van der Waals surface area contributed by atoms with Crippen LogP contribution in [0.1, 0.15) is 6.92 Å². The fourth-order valence-corrected chi connectivity index (χ4v) is 1.05. The molecule has 0 aliphatic heterocycles. The number of nitrogens with zero attached hydrogens (tertiary/aromatic N) is 1. The Morgan fingerprint density at radius 3 is 2.60 bits per heavy atom. The van der Waals surface area contributed by atoms with E-state index in [1.54, 1.807) is 19.4 Å². The molecule has 0 heterocycles. The fourth-order valence-electron chi connectivity index (χ4n) is 0.358. The summed E-state index contributed by atoms with van der Waals surface area (Å²) in [6, 6.07) is 0. The van der Waals surface area contributed by atoms with E-state index < -0.39 is 0 Å². The predicted octanol–water partition coefficient (Wildman–Crippen LogP) is 2.05. The summed E-state index contributed by atoms with van der Waals surface area (Å²) in [5.41, 5.74) is 0. The second kappa shape index (κ2) is 5.50. The average Bonchev–Trinajstić information content (AvgIpc) is 1.91. The molecule has 0 aliphatic carbocycles. The van der Waals surface area contributed by atoms with Crippen LogP contribution in [0.5, 0.6) is 0 Å². The molecule has 0 aromatic rings. The lowest BCUT2D eigenvalue weighted by atomic mass is 10.6. The summed E-state index contributed by atoms with van der Waals surface area (Å²) >= 11 is 6.86. The van der Waals surface area contributed by atoms with E-state index in [1.165, 1.54) is 11.8 Å². The average molecular weight is 178 g/mol. The Kier molecular flexibility index (Phi) is 5.35. The van der Waals surface area contributed by atoms with Crippen molar-refractivity contribution in [2.75, 3.05) is 6.26 Å². The zero-order valence-electron chi connectivity index (χ0n) is 5.80. The lowest BCUT2D eigenvalue weighted by Gasteiger charge is -1.92. The molecule has 0 aromatic carbocycles. The molecule has 0 amide bonds. The van der Waals surface area contributed by atoms with Crippen LogP contribution >= 0.6 is 23.4 Å². The SMILES string of the molecule is C/C=N/C(Cl)=C(/C=O)SC. The Bertz CT molecular complexity index is 177. The molecule has 0 aromatic heterocycles. The van der Waals surface area contributed by atoms with Gasteiger partial charge in [-0.1, -0.05) is 11.6 Å². The van der Waals surface area contributed by atoms with E-state index in [-0.39, 0.29) is 5.16 Å². The van der Waals surface area contributed by atoms with Crippen LogP contribution < -0.4 is 0 Å². The van der Waals surface area contributed by atoms with Crippen molar-refractivity contribution in [2.45, 2.75) is 6.92 Å². The molecule has 56 valence electrons. The molecule has 4 heteroatoms. The van der Waals surface area contributed by atoms with Crippen molar-refractivity contribution in [1.82, 2.24) is 0 Å². The summed E-state index contributed by atoms with van der Waals surface area (Å²) in [5.74, 6) is 0. The number of thioether (sulfide) groups is 1. The Morgan fingerprint density at radius 2 is 2.30 bits per heavy atom. The number of allylic oxidation sites excluding steroid dienone is 1. The third-order valence-corrected chi connectivity index (χ3v) is 1.92. The number of aliphatic imine (C=N–C) groups is 1. The maximum Gasteiger partial charge on any atom is 0.159 e. The van der Waals surface area contributed by atoms with Gasteiger partial charge in [-0.25, -0.2) is 4.99 Å². The molecule has 0 fully saturated rings. The van der Waals surface area contributed by atoms with Gasteiger partial charge in [-0.15, -0.1) is 11.8 Å². The van der Waals surface area contributed by atoms with E-state index in [9.17, 15) is 4.79 Å². The lowest BCUT2D eigenvalue weighted by molar-refractivity contribution is -0.104. The van der Waals surface area contributed by atoms with Gasteiger partial charge < -0.3 is 0 Å². The van der Waals surface area contributed by atoms with E-state index in [1.807, 2.05) is 0 Å². The Labute approximate surface area is 69.4 Å². The topological polar surface area (TPSA) is 29.4 Å². The normalized spacial score (nSPS) is 13.5. The molecular formula is C6H8ClNOS. The molecule has 0 atom stereocenters. The monoisotopic (exact) mass is 177 g/mol. The van der Waals surface area contributed by atoms with Gasteiger partial charge in [-0.2, -0.15) is 0 Å². The van der Waals surface area contributed by atoms with Gasteiger partial charge in [0.05, 0.1) is 4.91 Å². The van der Waals surface area contributed by atoms with Crippen molar-refractivity contribution in [2.24, 2.45) is 4.99 Å². The molecule has 0 saturated carbocycles. The number of rotatable bonds is 3. The van der Waals surface area contributed by atoms with E-state index in [0.717, 1.165) is 0 Å². The first-order chi connectivity index (χ1) is 4.76. The van der Waals surface area contributed by atoms with Gasteiger partial charge in [-0.05, 0) is 13.2 Å². The highest BCUT2D eigenvalue weighted by atomic mass is 35.5. The van der Waals surface area contributed by atoms with Gasteiger partial charge in [-0.3, -0.25) is 4.79 Å². The van der Waals surface area contributed by atoms with Crippen LogP contribution in [0.2, 0.25) is 0 Å². The number of hydrogen-bond acceptors (Lipinski definition) is 3. The van der Waals surface area contributed by atoms with Crippen LogP contribution in [0.15, 0.2) is 15.1 Å². The van der Waals surface area contributed by atoms with Gasteiger partial charge in [0.2, 0.25) is 0 Å². The third kappa shape index (κ3) is 3.03. The van der Waals surface area contributed by atoms with Crippen molar-refractivity contribution in [1.29, 1.82) is 0 Å². The summed E-state index contributed by atoms with van der Waals surface area (Å²) in [7, 11) is 0. The highest BCUT2D eigenvalue weighted by Gasteiger charge is 1.97. The summed E-state index contributed by atoms with van der Waals surface area (Å²) in [4.78, 5) is 14.4. The standard InChI is InChI=1S/C6H8ClNOS/c1-3-8-6(7)5(4-9)10-2/h3-4H,1-2H3/b6-5-,8-3+. The van der Waals surface area contributed by atoms with E-state index >= 15 is 0 Å². The Morgan fingerprint density at radius 1 is 1.70 bits per heavy atom. The molecule has 0 rings (SSSR count). The molecule has 10 heavy (non-hydrogen) atoms. The second-order valence-corrected chi connectivity index (χ2v) is 2.57. The van der Waals surface area contributed by atoms with Gasteiger partial charge in [0.15, 0.2) is 6.29 Å². The first kappa shape index (κ1) is 9.72. The van der Waals surface area contributed by atoms with Crippen molar-refractivity contribution >= 4 is 35.9 Å². The van der Waals surface area contributed by atoms with Crippen molar-refractivity contribution < 1.29 is 4.79 Å². The van der Waals surface area contributed by atoms with Gasteiger partial charge in [0, 0.05) is 6.21 Å². The van der Waals surface area contributed by atoms with Gasteiger partial charge >= 0.3 is 0 Å². The van der Waals surface area contributed by atoms with Gasteiger partial charge in [0.1, 0.15) is 5.16 Å². The highest BCUT2D eigenvalue weighted by Crippen LogP contribution is 2.17. The largest absolute Gasteiger partial charge is 0.297 e. The maximum absolute atomic E-state index is 10.2. The molecule has 0 spiro atoms. The molecule has 0 unspecified atom stereocenters. The van der Waals surface area contributed by atoms with Crippen LogP contribution in [0.25, 0.3) is 0 Å². The van der Waals surface area contributed by atoms with E-state index in [2.05, 4.69) is 4.99 Å². The van der Waals surface area contributed by atoms with Crippen LogP contribution in [-0.2, 0) is 4.79 Å². The highest BCUT2D eigenvalue weighted by molar-refractivity contribution is 8.03. The van der Waals surface area contributed by atoms with Crippen LogP contribution in [0.3, 0.4) is 0 Å². The van der Waals surface area contributed by atoms with Crippen LogP contribution in [0.4, 0.5) is 0 Å². The van der Waals surface area contributed by atoms with Crippen molar-refractivity contribution in [3.05, 3.63) is 10.1 Å². The van der Waals surface area contributed by atoms with Gasteiger partial charge in [0.25, 0.3) is 0 Å². The fraction of sp³-hybridized carbons (Fsp3) is 0.333. The Balaban J connectivity index is 4.42. The van der Waals surface area contributed by atoms with Crippen molar-refractivity contribution in [3.63, 3.8) is 0 Å². The summed E-state index contributed by atoms with van der Waals surface area (Å²) in [5, 5.41) is 0.255. The number of carbonyl (C=O) groups is 1. The first-order valence-corrected chi connectivity index (χ1v) is 4.24. The zero-order chi connectivity index (χ0) is 7.98. The molecule has 0 saturated heterocycles. The van der Waals surface area contributed by atoms with E-state index in [0.29, 0.717) is 11.2 Å². The number of halogens is 1. The molecule has 0 bridgehead atoms. The summed E-state index contributed by atoms with van der Waals surface area (Å²) in [6.07, 6.45) is 4.01. The maximum atomic E-state index is 10.2. The minimum absolute atomic E-state index is 0.255. The second-order valence-electron chi connectivity index (χ2n) is 1.36. The van der Waals surface area contributed by atoms with Crippen molar-refractivity contribution in [3.8, 4) is 0 Å².